The van der Waals surface area contributed by atoms with E-state index in [0.717, 1.165) is 38.5 Å². The number of carboxylic acid groups (broad SMARTS) is 1. The van der Waals surface area contributed by atoms with E-state index in [1.165, 1.54) is 109 Å². The number of halogens is 1. The second-order valence-electron chi connectivity index (χ2n) is 15.2. The van der Waals surface area contributed by atoms with Gasteiger partial charge in [-0.25, -0.2) is 0 Å². The second kappa shape index (κ2) is 26.5. The molecule has 0 bridgehead atoms. The van der Waals surface area contributed by atoms with E-state index in [1.807, 2.05) is 0 Å². The Hall–Kier alpha value is -1.28. The minimum Gasteiger partial charge on any atom is -0.480 e. The molecule has 4 nitrogen and oxygen atoms in total. The zero-order valence-electron chi connectivity index (χ0n) is 31.0. The van der Waals surface area contributed by atoms with Gasteiger partial charge in [0.1, 0.15) is 5.92 Å². The number of carbonyl (C=O) groups is 1. The molecule has 0 heterocycles. The van der Waals surface area contributed by atoms with Crippen molar-refractivity contribution >= 4 is 17.6 Å². The van der Waals surface area contributed by atoms with Gasteiger partial charge in [-0.3, -0.25) is 4.79 Å². The molecule has 2 saturated carbocycles. The molecular weight excluding hydrogens is 616 g/mol. The molecule has 0 amide bonds. The van der Waals surface area contributed by atoms with E-state index >= 15 is 0 Å². The van der Waals surface area contributed by atoms with Crippen LogP contribution in [0.2, 0.25) is 0 Å². The summed E-state index contributed by atoms with van der Waals surface area (Å²) in [4.78, 5) is 11.8. The molecule has 2 rings (SSSR count). The molecular formula is C43H73ClO4. The Balaban J connectivity index is 1.53. The van der Waals surface area contributed by atoms with Crippen molar-refractivity contribution in [2.45, 2.75) is 205 Å². The van der Waals surface area contributed by atoms with Crippen molar-refractivity contribution in [2.75, 3.05) is 0 Å². The summed E-state index contributed by atoms with van der Waals surface area (Å²) in [6.07, 6.45) is 38.8. The lowest BCUT2D eigenvalue weighted by Crippen LogP contribution is -2.40. The van der Waals surface area contributed by atoms with E-state index in [9.17, 15) is 20.1 Å². The molecule has 5 heteroatoms. The van der Waals surface area contributed by atoms with Crippen molar-refractivity contribution in [3.05, 3.63) is 24.3 Å². The smallest absolute Gasteiger partial charge is 0.318 e. The van der Waals surface area contributed by atoms with Crippen molar-refractivity contribution in [1.82, 2.24) is 0 Å². The molecule has 0 saturated heterocycles. The molecule has 0 aromatic carbocycles. The van der Waals surface area contributed by atoms with Crippen LogP contribution in [-0.2, 0) is 4.79 Å². The zero-order valence-corrected chi connectivity index (χ0v) is 31.7. The number of hydrogen-bond donors (Lipinski definition) is 3. The summed E-state index contributed by atoms with van der Waals surface area (Å²) in [5.41, 5.74) is 0.0827. The Bertz CT molecular complexity index is 939. The third-order valence-electron chi connectivity index (χ3n) is 11.5. The minimum atomic E-state index is -0.836. The van der Waals surface area contributed by atoms with Crippen LogP contribution in [0.15, 0.2) is 24.3 Å². The van der Waals surface area contributed by atoms with Crippen molar-refractivity contribution in [1.29, 1.82) is 0 Å². The van der Waals surface area contributed by atoms with Gasteiger partial charge in [0.15, 0.2) is 0 Å². The molecule has 0 radical (unpaired) electrons. The van der Waals surface area contributed by atoms with Crippen LogP contribution < -0.4 is 0 Å². The van der Waals surface area contributed by atoms with Crippen molar-refractivity contribution < 1.29 is 20.1 Å². The van der Waals surface area contributed by atoms with Gasteiger partial charge in [0.05, 0.1) is 12.2 Å². The molecule has 0 aromatic heterocycles. The molecule has 0 spiro atoms. The van der Waals surface area contributed by atoms with E-state index in [1.54, 1.807) is 0 Å². The fraction of sp³-hybridized carbons (Fsp3) is 0.837. The van der Waals surface area contributed by atoms with Crippen LogP contribution in [0, 0.1) is 35.0 Å². The number of rotatable bonds is 28. The molecule has 276 valence electrons. The van der Waals surface area contributed by atoms with Crippen LogP contribution in [0.4, 0.5) is 0 Å². The van der Waals surface area contributed by atoms with Gasteiger partial charge in [-0.15, -0.1) is 17.5 Å². The number of allylic oxidation sites excluding steroid dienone is 2. The highest BCUT2D eigenvalue weighted by Crippen LogP contribution is 2.48. The highest BCUT2D eigenvalue weighted by Gasteiger charge is 2.42. The predicted octanol–water partition coefficient (Wildman–Crippen LogP) is 12.0. The van der Waals surface area contributed by atoms with Gasteiger partial charge in [-0.05, 0) is 69.1 Å². The van der Waals surface area contributed by atoms with E-state index in [2.05, 4.69) is 50.0 Å². The molecule has 3 N–H and O–H groups in total. The van der Waals surface area contributed by atoms with E-state index < -0.39 is 18.0 Å². The number of carboxylic acids is 1. The van der Waals surface area contributed by atoms with E-state index in [4.69, 9.17) is 11.6 Å². The van der Waals surface area contributed by atoms with Crippen molar-refractivity contribution in [3.8, 4) is 11.8 Å². The Morgan fingerprint density at radius 3 is 1.92 bits per heavy atom. The third-order valence-corrected chi connectivity index (χ3v) is 12.0. The topological polar surface area (TPSA) is 77.8 Å². The first-order valence-electron chi connectivity index (χ1n) is 20.4. The summed E-state index contributed by atoms with van der Waals surface area (Å²) in [5, 5.41) is 31.0. The van der Waals surface area contributed by atoms with Gasteiger partial charge in [-0.2, -0.15) is 0 Å². The molecule has 2 aliphatic rings. The fourth-order valence-electron chi connectivity index (χ4n) is 7.86. The largest absolute Gasteiger partial charge is 0.480 e. The SMILES string of the molecule is CCCCCCCCCCCCCCCCCCCC#CC(CC/C=C\C[C@@H]1[C@@H](/C=C/C[C@H](O)C2(CC)CCC2)[C@H](O)C[C@H]1Cl)C(=O)O. The van der Waals surface area contributed by atoms with Crippen LogP contribution in [0.1, 0.15) is 187 Å². The Labute approximate surface area is 301 Å². The predicted molar refractivity (Wildman–Crippen MR) is 204 cm³/mol. The highest BCUT2D eigenvalue weighted by atomic mass is 35.5. The minimum absolute atomic E-state index is 0.0182. The normalized spacial score (nSPS) is 23.3. The number of aliphatic carboxylic acids is 1. The van der Waals surface area contributed by atoms with E-state index in [-0.39, 0.29) is 28.7 Å². The Morgan fingerprint density at radius 1 is 0.854 bits per heavy atom. The van der Waals surface area contributed by atoms with E-state index in [0.29, 0.717) is 25.7 Å². The summed E-state index contributed by atoms with van der Waals surface area (Å²) < 4.78 is 0. The van der Waals surface area contributed by atoms with Gasteiger partial charge in [0.2, 0.25) is 0 Å². The molecule has 1 unspecified atom stereocenters. The third kappa shape index (κ3) is 17.1. The molecule has 48 heavy (non-hydrogen) atoms. The van der Waals surface area contributed by atoms with Crippen LogP contribution in [0.25, 0.3) is 0 Å². The highest BCUT2D eigenvalue weighted by molar-refractivity contribution is 6.21. The summed E-state index contributed by atoms with van der Waals surface area (Å²) in [6, 6.07) is 0. The standard InChI is InChI=1S/C43H73ClO4/c1-3-5-6-7-8-9-10-11-12-13-14-15-16-17-18-19-20-21-23-28-36(42(47)48)29-24-22-25-30-37-38(40(45)35-39(37)44)31-26-32-41(46)43(4-2)33-27-34-43/h22,25-26,31,36-41,45-46H,3-21,24,27,29-30,32-35H2,1-2H3,(H,47,48)/b25-22-,31-26+/t36?,37-,38-,39-,40-,41+/m1/s1. The van der Waals surface area contributed by atoms with Crippen LogP contribution >= 0.6 is 11.6 Å². The number of alkyl halides is 1. The Morgan fingerprint density at radius 2 is 1.42 bits per heavy atom. The Kier molecular flexibility index (Phi) is 23.7. The number of hydrogen-bond acceptors (Lipinski definition) is 3. The monoisotopic (exact) mass is 689 g/mol. The summed E-state index contributed by atoms with van der Waals surface area (Å²) in [6.45, 7) is 4.45. The lowest BCUT2D eigenvalue weighted by molar-refractivity contribution is -0.139. The number of aliphatic hydroxyl groups excluding tert-OH is 2. The zero-order chi connectivity index (χ0) is 34.9. The maximum atomic E-state index is 11.8. The average molecular weight is 690 g/mol. The van der Waals surface area contributed by atoms with Crippen molar-refractivity contribution in [3.63, 3.8) is 0 Å². The maximum Gasteiger partial charge on any atom is 0.318 e. The first kappa shape index (κ1) is 42.9. The van der Waals surface area contributed by atoms with Gasteiger partial charge >= 0.3 is 5.97 Å². The molecule has 6 atom stereocenters. The molecule has 0 aromatic rings. The average Bonchev–Trinajstić information content (AvgIpc) is 3.31. The number of unbranched alkanes of at least 4 members (excludes halogenated alkanes) is 17. The number of aliphatic hydroxyl groups is 2. The lowest BCUT2D eigenvalue weighted by Gasteiger charge is -2.45. The first-order chi connectivity index (χ1) is 23.3. The first-order valence-corrected chi connectivity index (χ1v) is 20.8. The van der Waals surface area contributed by atoms with Gasteiger partial charge < -0.3 is 15.3 Å². The lowest BCUT2D eigenvalue weighted by atomic mass is 9.63. The molecule has 2 fully saturated rings. The second-order valence-corrected chi connectivity index (χ2v) is 15.8. The quantitative estimate of drug-likeness (QED) is 0.0331. The van der Waals surface area contributed by atoms with Crippen LogP contribution in [-0.4, -0.2) is 38.9 Å². The summed E-state index contributed by atoms with van der Waals surface area (Å²) in [7, 11) is 0. The van der Waals surface area contributed by atoms with Gasteiger partial charge in [0.25, 0.3) is 0 Å². The van der Waals surface area contributed by atoms with Crippen molar-refractivity contribution in [2.24, 2.45) is 23.2 Å². The van der Waals surface area contributed by atoms with Gasteiger partial charge in [0, 0.05) is 17.7 Å². The van der Waals surface area contributed by atoms with Crippen LogP contribution in [0.5, 0.6) is 0 Å². The van der Waals surface area contributed by atoms with Gasteiger partial charge in [-0.1, -0.05) is 153 Å². The maximum absolute atomic E-state index is 11.8. The fourth-order valence-corrected chi connectivity index (χ4v) is 8.31. The van der Waals surface area contributed by atoms with Crippen LogP contribution in [0.3, 0.4) is 0 Å². The summed E-state index contributed by atoms with van der Waals surface area (Å²) >= 11 is 6.63. The summed E-state index contributed by atoms with van der Waals surface area (Å²) in [5.74, 6) is 4.81. The molecule has 0 aliphatic heterocycles. The molecule has 2 aliphatic carbocycles.